The van der Waals surface area contributed by atoms with Crippen LogP contribution in [0.1, 0.15) is 11.1 Å². The number of benzene rings is 4. The maximum atomic E-state index is 5.40. The molecule has 0 atom stereocenters. The van der Waals surface area contributed by atoms with Crippen molar-refractivity contribution in [3.8, 4) is 27.6 Å². The van der Waals surface area contributed by atoms with Crippen molar-refractivity contribution in [3.63, 3.8) is 0 Å². The quantitative estimate of drug-likeness (QED) is 0.141. The van der Waals surface area contributed by atoms with Crippen LogP contribution in [0.25, 0.3) is 21.8 Å². The number of hydrogen-bond acceptors (Lipinski definition) is 5. The van der Waals surface area contributed by atoms with E-state index < -0.39 is 0 Å². The molecule has 0 unspecified atom stereocenters. The number of ether oxygens (including phenoxy) is 1. The number of thiazole rings is 1. The number of nitrogens with zero attached hydrogens (tertiary/aromatic N) is 4. The molecule has 0 N–H and O–H groups in total. The van der Waals surface area contributed by atoms with Gasteiger partial charge in [0.15, 0.2) is 0 Å². The maximum Gasteiger partial charge on any atom is 0.146 e. The Balaban J connectivity index is 1.38. The van der Waals surface area contributed by atoms with Gasteiger partial charge in [-0.15, -0.1) is 0 Å². The first-order valence-electron chi connectivity index (χ1n) is 13.7. The smallest absolute Gasteiger partial charge is 0.146 e. The fraction of sp³-hybridized carbons (Fsp3) is 0.176. The van der Waals surface area contributed by atoms with Crippen molar-refractivity contribution in [2.45, 2.75) is 6.92 Å². The molecule has 2 heterocycles. The van der Waals surface area contributed by atoms with Crippen molar-refractivity contribution in [2.24, 2.45) is 4.99 Å². The van der Waals surface area contributed by atoms with E-state index in [1.54, 1.807) is 18.4 Å². The van der Waals surface area contributed by atoms with E-state index >= 15 is 0 Å². The molecule has 1 aliphatic rings. The third-order valence-corrected chi connectivity index (χ3v) is 8.81. The Labute approximate surface area is 253 Å². The predicted molar refractivity (Wildman–Crippen MR) is 175 cm³/mol. The van der Waals surface area contributed by atoms with Gasteiger partial charge in [0, 0.05) is 53.0 Å². The highest BCUT2D eigenvalue weighted by Gasteiger charge is 2.23. The van der Waals surface area contributed by atoms with E-state index in [-0.39, 0.29) is 0 Å². The number of aromatic nitrogens is 1. The Morgan fingerprint density at radius 1 is 0.805 bits per heavy atom. The Bertz CT molecular complexity index is 1620. The zero-order valence-electron chi connectivity index (χ0n) is 23.1. The highest BCUT2D eigenvalue weighted by atomic mass is 79.9. The third kappa shape index (κ3) is 6.21. The number of piperazine rings is 1. The van der Waals surface area contributed by atoms with E-state index in [0.29, 0.717) is 0 Å². The second-order valence-electron chi connectivity index (χ2n) is 10.0. The highest BCUT2D eigenvalue weighted by Crippen LogP contribution is 2.40. The van der Waals surface area contributed by atoms with E-state index in [2.05, 4.69) is 118 Å². The monoisotopic (exact) mass is 622 g/mol. The van der Waals surface area contributed by atoms with Crippen LogP contribution in [-0.2, 0) is 0 Å². The van der Waals surface area contributed by atoms with Crippen molar-refractivity contribution >= 4 is 43.8 Å². The minimum atomic E-state index is 0.866. The first-order valence-corrected chi connectivity index (χ1v) is 15.3. The fourth-order valence-corrected chi connectivity index (χ4v) is 6.20. The summed E-state index contributed by atoms with van der Waals surface area (Å²) in [6.07, 6.45) is 0. The van der Waals surface area contributed by atoms with Gasteiger partial charge in [0.1, 0.15) is 27.3 Å². The number of amidine groups is 1. The van der Waals surface area contributed by atoms with Gasteiger partial charge in [0.2, 0.25) is 0 Å². The standard InChI is InChI=1S/C34H31BrN4OS/c1-24-8-10-25(11-9-24)31-34(41-33(36-31)27-6-4-3-5-7-27)37-32(26-12-14-28(35)15-13-26)39-22-20-38(21-23-39)29-16-18-30(40-2)19-17-29/h3-19H,20-23H2,1-2H3/b37-32+. The molecule has 1 fully saturated rings. The topological polar surface area (TPSA) is 41.0 Å². The summed E-state index contributed by atoms with van der Waals surface area (Å²) in [4.78, 5) is 15.3. The molecule has 0 saturated carbocycles. The lowest BCUT2D eigenvalue weighted by Gasteiger charge is -2.38. The molecule has 206 valence electrons. The van der Waals surface area contributed by atoms with Crippen molar-refractivity contribution in [3.05, 3.63) is 119 Å². The number of rotatable bonds is 6. The molecule has 6 rings (SSSR count). The van der Waals surface area contributed by atoms with Crippen LogP contribution in [0.2, 0.25) is 0 Å². The minimum Gasteiger partial charge on any atom is -0.497 e. The summed E-state index contributed by atoms with van der Waals surface area (Å²) < 4.78 is 6.40. The molecule has 41 heavy (non-hydrogen) atoms. The molecule has 1 aliphatic heterocycles. The molecule has 4 aromatic carbocycles. The maximum absolute atomic E-state index is 5.40. The molecule has 1 saturated heterocycles. The Kier molecular flexibility index (Phi) is 8.16. The third-order valence-electron chi connectivity index (χ3n) is 7.28. The lowest BCUT2D eigenvalue weighted by atomic mass is 10.1. The highest BCUT2D eigenvalue weighted by molar-refractivity contribution is 9.10. The number of hydrogen-bond donors (Lipinski definition) is 0. The summed E-state index contributed by atoms with van der Waals surface area (Å²) in [5.74, 6) is 1.85. The molecular formula is C34H31BrN4OS. The van der Waals surface area contributed by atoms with Gasteiger partial charge in [-0.3, -0.25) is 0 Å². The first-order chi connectivity index (χ1) is 20.1. The zero-order valence-corrected chi connectivity index (χ0v) is 25.5. The van der Waals surface area contributed by atoms with Crippen LogP contribution in [0.5, 0.6) is 5.75 Å². The van der Waals surface area contributed by atoms with Gasteiger partial charge in [0.25, 0.3) is 0 Å². The molecule has 0 bridgehead atoms. The molecule has 0 aliphatic carbocycles. The molecule has 5 nitrogen and oxygen atoms in total. The van der Waals surface area contributed by atoms with Crippen LogP contribution >= 0.6 is 27.3 Å². The van der Waals surface area contributed by atoms with Gasteiger partial charge in [-0.05, 0) is 43.3 Å². The SMILES string of the molecule is COc1ccc(N2CCN(/C(=N/c3sc(-c4ccccc4)nc3-c3ccc(C)cc3)c3ccc(Br)cc3)CC2)cc1. The van der Waals surface area contributed by atoms with Gasteiger partial charge >= 0.3 is 0 Å². The van der Waals surface area contributed by atoms with Crippen LogP contribution in [0.15, 0.2) is 113 Å². The number of aliphatic imine (C=N–C) groups is 1. The zero-order chi connectivity index (χ0) is 28.2. The van der Waals surface area contributed by atoms with E-state index in [1.807, 2.05) is 18.2 Å². The van der Waals surface area contributed by atoms with Gasteiger partial charge in [-0.1, -0.05) is 99.6 Å². The van der Waals surface area contributed by atoms with E-state index in [1.165, 1.54) is 11.3 Å². The van der Waals surface area contributed by atoms with Crippen LogP contribution in [0.3, 0.4) is 0 Å². The number of halogens is 1. The summed E-state index contributed by atoms with van der Waals surface area (Å²) in [5.41, 5.74) is 6.63. The van der Waals surface area contributed by atoms with E-state index in [0.717, 1.165) is 74.6 Å². The summed E-state index contributed by atoms with van der Waals surface area (Å²) in [7, 11) is 1.70. The van der Waals surface area contributed by atoms with Crippen LogP contribution in [-0.4, -0.2) is 49.0 Å². The van der Waals surface area contributed by atoms with Gasteiger partial charge in [0.05, 0.1) is 7.11 Å². The normalized spacial score (nSPS) is 13.9. The predicted octanol–water partition coefficient (Wildman–Crippen LogP) is 8.46. The molecule has 5 aromatic rings. The van der Waals surface area contributed by atoms with Crippen LogP contribution < -0.4 is 9.64 Å². The Hall–Kier alpha value is -3.94. The Morgan fingerprint density at radius 3 is 2.15 bits per heavy atom. The van der Waals surface area contributed by atoms with Crippen molar-refractivity contribution < 1.29 is 4.74 Å². The largest absolute Gasteiger partial charge is 0.497 e. The summed E-state index contributed by atoms with van der Waals surface area (Å²) in [5, 5.41) is 1.89. The molecule has 0 radical (unpaired) electrons. The van der Waals surface area contributed by atoms with E-state index in [9.17, 15) is 0 Å². The molecule has 0 amide bonds. The van der Waals surface area contributed by atoms with Crippen LogP contribution in [0, 0.1) is 6.92 Å². The average molecular weight is 624 g/mol. The Morgan fingerprint density at radius 2 is 1.49 bits per heavy atom. The number of aryl methyl sites for hydroxylation is 1. The lowest BCUT2D eigenvalue weighted by molar-refractivity contribution is 0.386. The van der Waals surface area contributed by atoms with Crippen molar-refractivity contribution in [1.29, 1.82) is 0 Å². The fourth-order valence-electron chi connectivity index (χ4n) is 4.97. The second-order valence-corrected chi connectivity index (χ2v) is 11.9. The van der Waals surface area contributed by atoms with E-state index in [4.69, 9.17) is 14.7 Å². The average Bonchev–Trinajstić information content (AvgIpc) is 3.45. The molecule has 1 aromatic heterocycles. The van der Waals surface area contributed by atoms with Crippen molar-refractivity contribution in [2.75, 3.05) is 38.2 Å². The summed E-state index contributed by atoms with van der Waals surface area (Å²) in [6.45, 7) is 5.65. The number of anilines is 1. The van der Waals surface area contributed by atoms with Gasteiger partial charge < -0.3 is 14.5 Å². The van der Waals surface area contributed by atoms with Gasteiger partial charge in [-0.25, -0.2) is 9.98 Å². The number of methoxy groups -OCH3 is 1. The summed E-state index contributed by atoms with van der Waals surface area (Å²) in [6, 6.07) is 35.7. The van der Waals surface area contributed by atoms with Crippen molar-refractivity contribution in [1.82, 2.24) is 9.88 Å². The van der Waals surface area contributed by atoms with Crippen LogP contribution in [0.4, 0.5) is 10.7 Å². The molecule has 0 spiro atoms. The van der Waals surface area contributed by atoms with Gasteiger partial charge in [-0.2, -0.15) is 0 Å². The molecule has 7 heteroatoms. The first kappa shape index (κ1) is 27.2. The molecular weight excluding hydrogens is 592 g/mol. The minimum absolute atomic E-state index is 0.866. The lowest BCUT2D eigenvalue weighted by Crippen LogP contribution is -2.49. The second kappa shape index (κ2) is 12.3. The summed E-state index contributed by atoms with van der Waals surface area (Å²) >= 11 is 5.25.